The Hall–Kier alpha value is -2.11. The quantitative estimate of drug-likeness (QED) is 0.729. The molecule has 2 rings (SSSR count). The summed E-state index contributed by atoms with van der Waals surface area (Å²) in [6, 6.07) is 11.1. The second-order valence-corrected chi connectivity index (χ2v) is 8.30. The highest BCUT2D eigenvalue weighted by atomic mass is 35.5. The van der Waals surface area contributed by atoms with Crippen LogP contribution in [0.5, 0.6) is 0 Å². The van der Waals surface area contributed by atoms with Gasteiger partial charge in [-0.1, -0.05) is 29.3 Å². The van der Waals surface area contributed by atoms with Gasteiger partial charge in [0, 0.05) is 11.1 Å². The molecule has 0 spiro atoms. The number of rotatable bonds is 4. The summed E-state index contributed by atoms with van der Waals surface area (Å²) in [6.07, 6.45) is 1.31. The molecule has 0 aromatic heterocycles. The first-order valence-corrected chi connectivity index (χ1v) is 9.52. The van der Waals surface area contributed by atoms with Gasteiger partial charge in [0.15, 0.2) is 0 Å². The summed E-state index contributed by atoms with van der Waals surface area (Å²) in [5, 5.41) is 0.424. The lowest BCUT2D eigenvalue weighted by Crippen LogP contribution is -2.36. The molecule has 0 saturated carbocycles. The first kappa shape index (κ1) is 19.2. The summed E-state index contributed by atoms with van der Waals surface area (Å²) in [7, 11) is -4.07. The maximum absolute atomic E-state index is 13.2. The fourth-order valence-electron chi connectivity index (χ4n) is 2.32. The van der Waals surface area contributed by atoms with Crippen molar-refractivity contribution in [1.29, 1.82) is 0 Å². The van der Waals surface area contributed by atoms with Crippen LogP contribution in [0.15, 0.2) is 59.0 Å². The van der Waals surface area contributed by atoms with Crippen molar-refractivity contribution < 1.29 is 13.2 Å². The van der Waals surface area contributed by atoms with E-state index in [1.807, 2.05) is 13.0 Å². The molecule has 132 valence electrons. The van der Waals surface area contributed by atoms with E-state index in [4.69, 9.17) is 11.6 Å². The molecule has 0 radical (unpaired) electrons. The number of hydrogen-bond donors (Lipinski definition) is 0. The highest BCUT2D eigenvalue weighted by Gasteiger charge is 2.31. The molecule has 0 aliphatic heterocycles. The Morgan fingerprint density at radius 3 is 2.20 bits per heavy atom. The summed E-state index contributed by atoms with van der Waals surface area (Å²) in [6.45, 7) is 7.11. The van der Waals surface area contributed by atoms with Gasteiger partial charge >= 0.3 is 0 Å². The van der Waals surface area contributed by atoms with Crippen LogP contribution < -0.4 is 4.31 Å². The van der Waals surface area contributed by atoms with Crippen molar-refractivity contribution in [2.24, 2.45) is 0 Å². The first-order valence-electron chi connectivity index (χ1n) is 7.70. The number of carbonyl (C=O) groups excluding carboxylic acids is 1. The molecular formula is C19H20ClNO3S. The van der Waals surface area contributed by atoms with Crippen LogP contribution in [-0.4, -0.2) is 14.3 Å². The van der Waals surface area contributed by atoms with Crippen LogP contribution in [0.3, 0.4) is 0 Å². The minimum atomic E-state index is -4.07. The van der Waals surface area contributed by atoms with E-state index >= 15 is 0 Å². The van der Waals surface area contributed by atoms with Gasteiger partial charge in [0.25, 0.3) is 15.9 Å². The fourth-order valence-corrected chi connectivity index (χ4v) is 3.88. The number of sulfonamides is 1. The molecule has 0 N–H and O–H groups in total. The normalized spacial score (nSPS) is 11.1. The minimum absolute atomic E-state index is 0.00770. The summed E-state index contributed by atoms with van der Waals surface area (Å²) in [4.78, 5) is 12.8. The summed E-state index contributed by atoms with van der Waals surface area (Å²) >= 11 is 5.85. The number of aryl methyl sites for hydroxylation is 2. The second-order valence-electron chi connectivity index (χ2n) is 6.07. The maximum atomic E-state index is 13.2. The van der Waals surface area contributed by atoms with Gasteiger partial charge < -0.3 is 0 Å². The number of halogens is 1. The van der Waals surface area contributed by atoms with Crippen molar-refractivity contribution in [2.45, 2.75) is 32.6 Å². The summed E-state index contributed by atoms with van der Waals surface area (Å²) in [5.41, 5.74) is 2.62. The molecule has 2 aromatic carbocycles. The molecular weight excluding hydrogens is 358 g/mol. The SMILES string of the molecule is CC(C)=CC(=O)N(c1cc(C)ccc1C)S(=O)(=O)c1ccc(Cl)cc1. The Kier molecular flexibility index (Phi) is 5.70. The summed E-state index contributed by atoms with van der Waals surface area (Å²) < 4.78 is 27.2. The van der Waals surface area contributed by atoms with E-state index in [9.17, 15) is 13.2 Å². The van der Waals surface area contributed by atoms with Gasteiger partial charge in [-0.15, -0.1) is 0 Å². The first-order chi connectivity index (χ1) is 11.6. The third kappa shape index (κ3) is 4.30. The molecule has 0 unspecified atom stereocenters. The lowest BCUT2D eigenvalue weighted by molar-refractivity contribution is -0.113. The molecule has 1 amide bonds. The second kappa shape index (κ2) is 7.42. The average molecular weight is 378 g/mol. The van der Waals surface area contributed by atoms with Gasteiger partial charge in [0.2, 0.25) is 0 Å². The van der Waals surface area contributed by atoms with Crippen molar-refractivity contribution >= 4 is 33.2 Å². The van der Waals surface area contributed by atoms with Crippen LogP contribution in [0.4, 0.5) is 5.69 Å². The third-order valence-corrected chi connectivity index (χ3v) is 5.52. The molecule has 0 saturated heterocycles. The lowest BCUT2D eigenvalue weighted by Gasteiger charge is -2.23. The zero-order valence-electron chi connectivity index (χ0n) is 14.6. The van der Waals surface area contributed by atoms with E-state index in [2.05, 4.69) is 0 Å². The molecule has 0 bridgehead atoms. The van der Waals surface area contributed by atoms with Gasteiger partial charge in [0.1, 0.15) is 0 Å². The Bertz CT molecular complexity index is 928. The Labute approximate surface area is 153 Å². The van der Waals surface area contributed by atoms with Crippen molar-refractivity contribution in [3.05, 3.63) is 70.3 Å². The van der Waals surface area contributed by atoms with Crippen molar-refractivity contribution in [2.75, 3.05) is 4.31 Å². The Morgan fingerprint density at radius 2 is 1.64 bits per heavy atom. The standard InChI is InChI=1S/C19H20ClNO3S/c1-13(2)11-19(22)21(18-12-14(3)5-6-15(18)4)25(23,24)17-9-7-16(20)8-10-17/h5-12H,1-4H3. The number of anilines is 1. The predicted molar refractivity (Wildman–Crippen MR) is 101 cm³/mol. The molecule has 0 fully saturated rings. The van der Waals surface area contributed by atoms with E-state index in [1.54, 1.807) is 32.9 Å². The monoisotopic (exact) mass is 377 g/mol. The van der Waals surface area contributed by atoms with Gasteiger partial charge in [-0.05, 0) is 69.2 Å². The lowest BCUT2D eigenvalue weighted by atomic mass is 10.1. The number of amides is 1. The minimum Gasteiger partial charge on any atom is -0.268 e. The molecule has 0 atom stereocenters. The van der Waals surface area contributed by atoms with Gasteiger partial charge in [-0.25, -0.2) is 8.42 Å². The zero-order valence-corrected chi connectivity index (χ0v) is 16.1. The van der Waals surface area contributed by atoms with Crippen molar-refractivity contribution in [3.8, 4) is 0 Å². The Morgan fingerprint density at radius 1 is 1.04 bits per heavy atom. The topological polar surface area (TPSA) is 54.5 Å². The summed E-state index contributed by atoms with van der Waals surface area (Å²) in [5.74, 6) is -0.608. The maximum Gasteiger partial charge on any atom is 0.271 e. The van der Waals surface area contributed by atoms with Crippen LogP contribution >= 0.6 is 11.6 Å². The van der Waals surface area contributed by atoms with Gasteiger partial charge in [0.05, 0.1) is 10.6 Å². The van der Waals surface area contributed by atoms with Crippen LogP contribution in [-0.2, 0) is 14.8 Å². The number of hydrogen-bond acceptors (Lipinski definition) is 3. The number of benzene rings is 2. The Balaban J connectivity index is 2.70. The van der Waals surface area contributed by atoms with E-state index in [0.717, 1.165) is 9.87 Å². The number of allylic oxidation sites excluding steroid dienone is 1. The van der Waals surface area contributed by atoms with Crippen LogP contribution in [0.2, 0.25) is 5.02 Å². The number of carbonyl (C=O) groups is 1. The van der Waals surface area contributed by atoms with Crippen molar-refractivity contribution in [3.63, 3.8) is 0 Å². The van der Waals surface area contributed by atoms with E-state index < -0.39 is 15.9 Å². The molecule has 2 aromatic rings. The number of nitrogens with zero attached hydrogens (tertiary/aromatic N) is 1. The van der Waals surface area contributed by atoms with Crippen LogP contribution in [0, 0.1) is 13.8 Å². The molecule has 6 heteroatoms. The predicted octanol–water partition coefficient (Wildman–Crippen LogP) is 4.64. The highest BCUT2D eigenvalue weighted by Crippen LogP contribution is 2.29. The van der Waals surface area contributed by atoms with Crippen LogP contribution in [0.25, 0.3) is 0 Å². The molecule has 4 nitrogen and oxygen atoms in total. The molecule has 0 aliphatic carbocycles. The van der Waals surface area contributed by atoms with E-state index in [0.29, 0.717) is 21.8 Å². The fraction of sp³-hybridized carbons (Fsp3) is 0.211. The largest absolute Gasteiger partial charge is 0.271 e. The van der Waals surface area contributed by atoms with Crippen molar-refractivity contribution in [1.82, 2.24) is 0 Å². The molecule has 25 heavy (non-hydrogen) atoms. The molecule has 0 heterocycles. The van der Waals surface area contributed by atoms with E-state index in [1.165, 1.54) is 30.3 Å². The van der Waals surface area contributed by atoms with Gasteiger partial charge in [-0.3, -0.25) is 4.79 Å². The zero-order chi connectivity index (χ0) is 18.8. The average Bonchev–Trinajstić information content (AvgIpc) is 2.50. The smallest absolute Gasteiger partial charge is 0.268 e. The van der Waals surface area contributed by atoms with Crippen LogP contribution in [0.1, 0.15) is 25.0 Å². The highest BCUT2D eigenvalue weighted by molar-refractivity contribution is 7.93. The third-order valence-electron chi connectivity index (χ3n) is 3.55. The molecule has 0 aliphatic rings. The van der Waals surface area contributed by atoms with Gasteiger partial charge in [-0.2, -0.15) is 4.31 Å². The van der Waals surface area contributed by atoms with E-state index in [-0.39, 0.29) is 4.90 Å².